The predicted octanol–water partition coefficient (Wildman–Crippen LogP) is 9.66. The maximum Gasteiger partial charge on any atom is 0.336 e. The first kappa shape index (κ1) is 42.0. The molecule has 0 saturated heterocycles. The third-order valence-electron chi connectivity index (χ3n) is 10.7. The lowest BCUT2D eigenvalue weighted by molar-refractivity contribution is -0.174. The van der Waals surface area contributed by atoms with E-state index in [0.717, 1.165) is 0 Å². The van der Waals surface area contributed by atoms with Gasteiger partial charge >= 0.3 is 17.9 Å². The summed E-state index contributed by atoms with van der Waals surface area (Å²) in [6.45, 7) is 18.3. The van der Waals surface area contributed by atoms with E-state index in [9.17, 15) is 34.8 Å². The second kappa shape index (κ2) is 18.9. The monoisotopic (exact) mass is 660 g/mol. The first-order chi connectivity index (χ1) is 20.2. The van der Waals surface area contributed by atoms with Crippen molar-refractivity contribution in [3.8, 4) is 0 Å². The van der Waals surface area contributed by atoms with Crippen molar-refractivity contribution < 1.29 is 34.8 Å². The van der Waals surface area contributed by atoms with E-state index in [1.54, 1.807) is 0 Å². The van der Waals surface area contributed by atoms with E-state index in [-0.39, 0.29) is 0 Å². The molecule has 0 aromatic carbocycles. The average molecular weight is 661 g/mol. The van der Waals surface area contributed by atoms with Crippen molar-refractivity contribution in [1.82, 2.24) is 0 Å². The van der Waals surface area contributed by atoms with Crippen molar-refractivity contribution in [1.29, 1.82) is 0 Å². The molecular weight excluding hydrogens is 593 g/mol. The Bertz CT molecular complexity index is 788. The van der Waals surface area contributed by atoms with Crippen LogP contribution >= 0.6 is 0 Å². The van der Waals surface area contributed by atoms with E-state index >= 15 is 0 Å². The number of aliphatic hydroxyl groups is 1. The van der Waals surface area contributed by atoms with Crippen LogP contribution in [-0.2, 0) is 14.4 Å². The standard InChI is InChI=1S/C33H68O7Si3/c1-10-19-41(20-11-2,21-12-3)28(29(34)35)32(40,30(36)37)33(31(38)39,42(22-13-4,23-14-5)24-15-6)43(25-16-7,26-17-8)27-18-9/h28,40H,10-27H2,1-9H3,(H,34,35)(H,36,37)(H,38,39). The summed E-state index contributed by atoms with van der Waals surface area (Å²) in [6, 6.07) is 5.30. The average Bonchev–Trinajstić information content (AvgIpc) is 2.90. The second-order valence-corrected chi connectivity index (χ2v) is 28.5. The molecule has 0 radical (unpaired) electrons. The first-order valence-electron chi connectivity index (χ1n) is 17.7. The molecule has 0 aromatic heterocycles. The highest BCUT2D eigenvalue weighted by Gasteiger charge is 2.81. The number of carboxylic acids is 3. The smallest absolute Gasteiger partial charge is 0.336 e. The second-order valence-electron chi connectivity index (χ2n) is 13.6. The molecule has 0 saturated carbocycles. The highest BCUT2D eigenvalue weighted by atomic mass is 28.4. The van der Waals surface area contributed by atoms with Crippen molar-refractivity contribution in [3.05, 3.63) is 0 Å². The summed E-state index contributed by atoms with van der Waals surface area (Å²) in [5.74, 6) is -4.08. The summed E-state index contributed by atoms with van der Waals surface area (Å²) in [6.07, 6.45) is 6.26. The van der Waals surface area contributed by atoms with Crippen LogP contribution in [0.4, 0.5) is 0 Å². The van der Waals surface area contributed by atoms with Gasteiger partial charge in [0.15, 0.2) is 5.60 Å². The molecule has 0 aromatic rings. The number of hydrogen-bond acceptors (Lipinski definition) is 4. The van der Waals surface area contributed by atoms with E-state index in [2.05, 4.69) is 0 Å². The minimum atomic E-state index is -3.25. The molecule has 0 bridgehead atoms. The van der Waals surface area contributed by atoms with Crippen molar-refractivity contribution >= 4 is 42.1 Å². The van der Waals surface area contributed by atoms with E-state index < -0.39 is 57.9 Å². The number of carbonyl (C=O) groups is 3. The Morgan fingerprint density at radius 2 is 0.744 bits per heavy atom. The minimum Gasteiger partial charge on any atom is -0.481 e. The molecule has 2 atom stereocenters. The molecule has 10 heteroatoms. The van der Waals surface area contributed by atoms with Crippen molar-refractivity contribution in [2.24, 2.45) is 0 Å². The third-order valence-corrected chi connectivity index (χ3v) is 33.4. The molecule has 0 rings (SSSR count). The van der Waals surface area contributed by atoms with Crippen LogP contribution in [0, 0.1) is 0 Å². The zero-order valence-corrected chi connectivity index (χ0v) is 32.3. The Morgan fingerprint density at radius 1 is 0.488 bits per heavy atom. The fourth-order valence-electron chi connectivity index (χ4n) is 10.4. The molecule has 0 spiro atoms. The van der Waals surface area contributed by atoms with Crippen LogP contribution in [0.15, 0.2) is 0 Å². The fourth-order valence-corrected chi connectivity index (χ4v) is 36.3. The van der Waals surface area contributed by atoms with Crippen LogP contribution in [0.25, 0.3) is 0 Å². The zero-order valence-electron chi connectivity index (χ0n) is 29.3. The van der Waals surface area contributed by atoms with Crippen LogP contribution in [-0.4, -0.2) is 68.2 Å². The van der Waals surface area contributed by atoms with Gasteiger partial charge in [0.05, 0.1) is 34.4 Å². The Balaban J connectivity index is 9.19. The van der Waals surface area contributed by atoms with E-state index in [1.807, 2.05) is 62.3 Å². The molecule has 43 heavy (non-hydrogen) atoms. The topological polar surface area (TPSA) is 132 Å². The van der Waals surface area contributed by atoms with Gasteiger partial charge in [-0.15, -0.1) is 0 Å². The van der Waals surface area contributed by atoms with E-state index in [0.29, 0.717) is 112 Å². The van der Waals surface area contributed by atoms with Crippen LogP contribution in [0.5, 0.6) is 0 Å². The van der Waals surface area contributed by atoms with Gasteiger partial charge < -0.3 is 20.4 Å². The molecule has 0 aliphatic rings. The summed E-state index contributed by atoms with van der Waals surface area (Å²) in [5, 5.41) is 48.4. The molecule has 7 nitrogen and oxygen atoms in total. The molecule has 0 fully saturated rings. The lowest BCUT2D eigenvalue weighted by Gasteiger charge is -2.64. The Labute approximate surface area is 266 Å². The lowest BCUT2D eigenvalue weighted by Crippen LogP contribution is -2.79. The molecule has 4 N–H and O–H groups in total. The normalized spacial score (nSPS) is 15.2. The molecule has 0 aliphatic carbocycles. The Kier molecular flexibility index (Phi) is 18.4. The predicted molar refractivity (Wildman–Crippen MR) is 187 cm³/mol. The SMILES string of the molecule is CCC[Si](CCC)(CCC)C(C(=O)O)C(O)(C(=O)O)C(C(=O)O)([Si](CCC)(CCC)CCC)[Si](CCC)(CCC)CCC. The van der Waals surface area contributed by atoms with Crippen LogP contribution in [0.3, 0.4) is 0 Å². The molecule has 0 aliphatic heterocycles. The summed E-state index contributed by atoms with van der Waals surface area (Å²) >= 11 is 0. The number of carboxylic acid groups (broad SMARTS) is 3. The van der Waals surface area contributed by atoms with Crippen molar-refractivity contribution in [3.63, 3.8) is 0 Å². The van der Waals surface area contributed by atoms with E-state index in [1.165, 1.54) is 0 Å². The van der Waals surface area contributed by atoms with Gasteiger partial charge in [-0.3, -0.25) is 9.59 Å². The summed E-state index contributed by atoms with van der Waals surface area (Å²) in [4.78, 5) is 42.7. The molecule has 2 unspecified atom stereocenters. The fraction of sp³-hybridized carbons (Fsp3) is 0.909. The van der Waals surface area contributed by atoms with Gasteiger partial charge in [0.25, 0.3) is 0 Å². The van der Waals surface area contributed by atoms with Gasteiger partial charge in [0.2, 0.25) is 0 Å². The lowest BCUT2D eigenvalue weighted by atomic mass is 9.93. The van der Waals surface area contributed by atoms with Gasteiger partial charge in [-0.2, -0.15) is 0 Å². The van der Waals surface area contributed by atoms with Crippen LogP contribution in [0.1, 0.15) is 120 Å². The summed E-state index contributed by atoms with van der Waals surface area (Å²) in [5.41, 5.74) is -4.45. The summed E-state index contributed by atoms with van der Waals surface area (Å²) in [7, 11) is -9.59. The number of hydrogen-bond donors (Lipinski definition) is 4. The Hall–Kier alpha value is -0.979. The maximum atomic E-state index is 14.7. The Morgan fingerprint density at radius 3 is 0.907 bits per heavy atom. The highest BCUT2D eigenvalue weighted by Crippen LogP contribution is 2.68. The van der Waals surface area contributed by atoms with Crippen LogP contribution < -0.4 is 0 Å². The van der Waals surface area contributed by atoms with Gasteiger partial charge in [-0.05, 0) is 0 Å². The van der Waals surface area contributed by atoms with Crippen molar-refractivity contribution in [2.45, 2.75) is 190 Å². The molecule has 0 amide bonds. The van der Waals surface area contributed by atoms with Gasteiger partial charge in [-0.1, -0.05) is 174 Å². The van der Waals surface area contributed by atoms with Gasteiger partial charge in [-0.25, -0.2) is 4.79 Å². The molecular formula is C33H68O7Si3. The van der Waals surface area contributed by atoms with Gasteiger partial charge in [0, 0.05) is 0 Å². The summed E-state index contributed by atoms with van der Waals surface area (Å²) < 4.78 is -1.93. The van der Waals surface area contributed by atoms with E-state index in [4.69, 9.17) is 0 Å². The third kappa shape index (κ3) is 7.71. The molecule has 254 valence electrons. The van der Waals surface area contributed by atoms with Crippen LogP contribution in [0.2, 0.25) is 64.6 Å². The van der Waals surface area contributed by atoms with Gasteiger partial charge in [0.1, 0.15) is 0 Å². The molecule has 0 heterocycles. The largest absolute Gasteiger partial charge is 0.481 e. The number of aliphatic carboxylic acids is 3. The first-order valence-corrected chi connectivity index (χ1v) is 25.6. The maximum absolute atomic E-state index is 14.7. The van der Waals surface area contributed by atoms with Crippen molar-refractivity contribution in [2.75, 3.05) is 0 Å². The minimum absolute atomic E-state index is 0.574. The number of rotatable bonds is 26. The quantitative estimate of drug-likeness (QED) is 0.0679. The highest BCUT2D eigenvalue weighted by molar-refractivity contribution is 7.06. The zero-order chi connectivity index (χ0) is 33.5.